The van der Waals surface area contributed by atoms with Crippen LogP contribution in [0.2, 0.25) is 0 Å². The number of hydrogen-bond donors (Lipinski definition) is 0. The van der Waals surface area contributed by atoms with E-state index < -0.39 is 0 Å². The van der Waals surface area contributed by atoms with Crippen LogP contribution in [0.1, 0.15) is 48.5 Å². The highest BCUT2D eigenvalue weighted by molar-refractivity contribution is 5.96. The second kappa shape index (κ2) is 5.96. The fourth-order valence-corrected chi connectivity index (χ4v) is 3.13. The number of rotatable bonds is 5. The van der Waals surface area contributed by atoms with Crippen LogP contribution in [-0.2, 0) is 11.2 Å². The molecule has 0 bridgehead atoms. The number of benzene rings is 1. The summed E-state index contributed by atoms with van der Waals surface area (Å²) < 4.78 is 11.1. The fourth-order valence-electron chi connectivity index (χ4n) is 3.13. The molecule has 0 atom stereocenters. The Labute approximate surface area is 120 Å². The number of Topliss-reactive ketones (excluding diaryl/α,β-unsaturated/α-hetero) is 1. The van der Waals surface area contributed by atoms with Crippen LogP contribution in [-0.4, -0.2) is 25.1 Å². The van der Waals surface area contributed by atoms with E-state index in [0.29, 0.717) is 18.4 Å². The molecular formula is C17H22O3. The number of ether oxygens (including phenoxy) is 2. The smallest absolute Gasteiger partial charge is 0.163 e. The zero-order valence-electron chi connectivity index (χ0n) is 12.1. The van der Waals surface area contributed by atoms with E-state index in [9.17, 15) is 4.79 Å². The molecule has 0 spiro atoms. The van der Waals surface area contributed by atoms with Crippen molar-refractivity contribution in [3.63, 3.8) is 0 Å². The first-order valence-corrected chi connectivity index (χ1v) is 7.66. The number of hydrogen-bond acceptors (Lipinski definition) is 3. The van der Waals surface area contributed by atoms with Gasteiger partial charge < -0.3 is 9.47 Å². The van der Waals surface area contributed by atoms with Gasteiger partial charge in [0.1, 0.15) is 5.75 Å². The minimum absolute atomic E-state index is 0.262. The van der Waals surface area contributed by atoms with Gasteiger partial charge in [-0.2, -0.15) is 0 Å². The molecule has 2 aliphatic rings. The standard InChI is InChI=1S/C17H22O3/c1-2-19-15-8-12(9-15)10-16(18)13-5-6-17-14(11-13)4-3-7-20-17/h5-6,11-12,15H,2-4,7-10H2,1H3. The summed E-state index contributed by atoms with van der Waals surface area (Å²) in [5.41, 5.74) is 2.03. The Morgan fingerprint density at radius 3 is 3.05 bits per heavy atom. The second-order valence-corrected chi connectivity index (χ2v) is 5.82. The number of carbonyl (C=O) groups is 1. The second-order valence-electron chi connectivity index (χ2n) is 5.82. The van der Waals surface area contributed by atoms with Gasteiger partial charge in [0.25, 0.3) is 0 Å². The van der Waals surface area contributed by atoms with Crippen molar-refractivity contribution in [1.29, 1.82) is 0 Å². The largest absolute Gasteiger partial charge is 0.493 e. The Morgan fingerprint density at radius 1 is 1.40 bits per heavy atom. The summed E-state index contributed by atoms with van der Waals surface area (Å²) >= 11 is 0. The lowest BCUT2D eigenvalue weighted by atomic mass is 9.78. The molecule has 0 N–H and O–H groups in total. The van der Waals surface area contributed by atoms with E-state index in [1.165, 1.54) is 5.56 Å². The molecule has 1 saturated carbocycles. The molecular weight excluding hydrogens is 252 g/mol. The molecule has 3 heteroatoms. The molecule has 0 amide bonds. The van der Waals surface area contributed by atoms with Crippen LogP contribution < -0.4 is 4.74 Å². The molecule has 0 aromatic heterocycles. The van der Waals surface area contributed by atoms with Crippen LogP contribution >= 0.6 is 0 Å². The Morgan fingerprint density at radius 2 is 2.25 bits per heavy atom. The summed E-state index contributed by atoms with van der Waals surface area (Å²) in [5.74, 6) is 1.72. The maximum absolute atomic E-state index is 12.3. The molecule has 1 fully saturated rings. The lowest BCUT2D eigenvalue weighted by Gasteiger charge is -2.34. The molecule has 1 aliphatic heterocycles. The van der Waals surface area contributed by atoms with Crippen LogP contribution in [0.4, 0.5) is 0 Å². The zero-order chi connectivity index (χ0) is 13.9. The van der Waals surface area contributed by atoms with Crippen molar-refractivity contribution < 1.29 is 14.3 Å². The van der Waals surface area contributed by atoms with E-state index in [4.69, 9.17) is 9.47 Å². The lowest BCUT2D eigenvalue weighted by molar-refractivity contribution is -0.0246. The molecule has 3 rings (SSSR count). The predicted molar refractivity (Wildman–Crippen MR) is 77.3 cm³/mol. The summed E-state index contributed by atoms with van der Waals surface area (Å²) in [6.45, 7) is 3.59. The van der Waals surface area contributed by atoms with Crippen molar-refractivity contribution in [2.75, 3.05) is 13.2 Å². The fraction of sp³-hybridized carbons (Fsp3) is 0.588. The van der Waals surface area contributed by atoms with Gasteiger partial charge in [0, 0.05) is 18.6 Å². The van der Waals surface area contributed by atoms with Crippen LogP contribution in [0.25, 0.3) is 0 Å². The monoisotopic (exact) mass is 274 g/mol. The summed E-state index contributed by atoms with van der Waals surface area (Å²) in [5, 5.41) is 0. The first-order chi connectivity index (χ1) is 9.76. The third-order valence-corrected chi connectivity index (χ3v) is 4.30. The molecule has 0 saturated heterocycles. The van der Waals surface area contributed by atoms with Gasteiger partial charge in [-0.25, -0.2) is 0 Å². The van der Waals surface area contributed by atoms with Gasteiger partial charge in [-0.3, -0.25) is 4.79 Å². The van der Waals surface area contributed by atoms with Gasteiger partial charge in [-0.1, -0.05) is 0 Å². The van der Waals surface area contributed by atoms with Crippen molar-refractivity contribution in [2.45, 2.75) is 45.1 Å². The third kappa shape index (κ3) is 2.88. The minimum atomic E-state index is 0.262. The first-order valence-electron chi connectivity index (χ1n) is 7.66. The van der Waals surface area contributed by atoms with Gasteiger partial charge in [0.2, 0.25) is 0 Å². The van der Waals surface area contributed by atoms with Crippen molar-refractivity contribution >= 4 is 5.78 Å². The van der Waals surface area contributed by atoms with Crippen molar-refractivity contribution in [1.82, 2.24) is 0 Å². The quantitative estimate of drug-likeness (QED) is 0.772. The van der Waals surface area contributed by atoms with Crippen LogP contribution in [0, 0.1) is 5.92 Å². The first kappa shape index (κ1) is 13.6. The topological polar surface area (TPSA) is 35.5 Å². The van der Waals surface area contributed by atoms with E-state index in [1.807, 2.05) is 25.1 Å². The van der Waals surface area contributed by atoms with Gasteiger partial charge in [0.05, 0.1) is 12.7 Å². The van der Waals surface area contributed by atoms with E-state index in [-0.39, 0.29) is 5.78 Å². The lowest BCUT2D eigenvalue weighted by Crippen LogP contribution is -2.32. The van der Waals surface area contributed by atoms with Crippen molar-refractivity contribution in [2.24, 2.45) is 5.92 Å². The Hall–Kier alpha value is -1.35. The summed E-state index contributed by atoms with van der Waals surface area (Å²) in [6, 6.07) is 5.88. The summed E-state index contributed by atoms with van der Waals surface area (Å²) in [4.78, 5) is 12.3. The van der Waals surface area contributed by atoms with E-state index >= 15 is 0 Å². The van der Waals surface area contributed by atoms with Crippen LogP contribution in [0.5, 0.6) is 5.75 Å². The van der Waals surface area contributed by atoms with Gasteiger partial charge >= 0.3 is 0 Å². The predicted octanol–water partition coefficient (Wildman–Crippen LogP) is 3.40. The number of ketones is 1. The maximum atomic E-state index is 12.3. The summed E-state index contributed by atoms with van der Waals surface area (Å²) in [7, 11) is 0. The van der Waals surface area contributed by atoms with E-state index in [2.05, 4.69) is 0 Å². The molecule has 0 radical (unpaired) electrons. The molecule has 1 aromatic rings. The molecule has 3 nitrogen and oxygen atoms in total. The third-order valence-electron chi connectivity index (χ3n) is 4.30. The van der Waals surface area contributed by atoms with Gasteiger partial charge in [0.15, 0.2) is 5.78 Å². The highest BCUT2D eigenvalue weighted by Crippen LogP contribution is 2.34. The average molecular weight is 274 g/mol. The normalized spacial score (nSPS) is 24.4. The maximum Gasteiger partial charge on any atom is 0.163 e. The van der Waals surface area contributed by atoms with Crippen LogP contribution in [0.15, 0.2) is 18.2 Å². The van der Waals surface area contributed by atoms with Crippen molar-refractivity contribution in [3.05, 3.63) is 29.3 Å². The average Bonchev–Trinajstić information content (AvgIpc) is 2.44. The molecule has 1 aliphatic carbocycles. The molecule has 1 heterocycles. The molecule has 20 heavy (non-hydrogen) atoms. The Balaban J connectivity index is 1.58. The van der Waals surface area contributed by atoms with E-state index in [0.717, 1.165) is 50.2 Å². The molecule has 0 unspecified atom stereocenters. The number of fused-ring (bicyclic) bond motifs is 1. The molecule has 1 aromatic carbocycles. The summed E-state index contributed by atoms with van der Waals surface area (Å²) in [6.07, 6.45) is 5.18. The molecule has 108 valence electrons. The van der Waals surface area contributed by atoms with E-state index in [1.54, 1.807) is 0 Å². The van der Waals surface area contributed by atoms with Gasteiger partial charge in [-0.05, 0) is 62.3 Å². The van der Waals surface area contributed by atoms with Gasteiger partial charge in [-0.15, -0.1) is 0 Å². The number of carbonyl (C=O) groups excluding carboxylic acids is 1. The highest BCUT2D eigenvalue weighted by atomic mass is 16.5. The zero-order valence-corrected chi connectivity index (χ0v) is 12.1. The SMILES string of the molecule is CCOC1CC(CC(=O)c2ccc3c(c2)CCCO3)C1. The Kier molecular flexibility index (Phi) is 4.06. The van der Waals surface area contributed by atoms with Crippen LogP contribution in [0.3, 0.4) is 0 Å². The van der Waals surface area contributed by atoms with Crippen molar-refractivity contribution in [3.8, 4) is 5.75 Å². The number of aryl methyl sites for hydroxylation is 1. The Bertz CT molecular complexity index is 489. The highest BCUT2D eigenvalue weighted by Gasteiger charge is 2.31. The minimum Gasteiger partial charge on any atom is -0.493 e.